The van der Waals surface area contributed by atoms with Crippen LogP contribution in [0, 0.1) is 5.92 Å². The third-order valence-corrected chi connectivity index (χ3v) is 6.80. The van der Waals surface area contributed by atoms with Crippen LogP contribution >= 0.6 is 24.8 Å². The van der Waals surface area contributed by atoms with E-state index in [0.717, 1.165) is 18.5 Å². The maximum absolute atomic E-state index is 11.0. The number of hydrogen-bond donors (Lipinski definition) is 3. The van der Waals surface area contributed by atoms with Crippen LogP contribution in [0.2, 0.25) is 0 Å². The van der Waals surface area contributed by atoms with Crippen molar-refractivity contribution in [2.75, 3.05) is 0 Å². The standard InChI is InChI=1S/C27H34N2O2.2ClH/c1-2-21(16-19-6-4-3-5-7-19)25-17-26(25)29-24-14-12-23(13-15-24)28-18-20-8-10-22(11-9-20)27(30)31;;/h3-11,16,23-26,28-29H,2,12-15,17-18H2,1H3,(H,30,31);2*1H/t23?,24?,25?,26-;;/m0../s1. The van der Waals surface area contributed by atoms with Crippen molar-refractivity contribution in [1.82, 2.24) is 10.6 Å². The smallest absolute Gasteiger partial charge is 0.335 e. The first kappa shape index (κ1) is 27.4. The van der Waals surface area contributed by atoms with Gasteiger partial charge in [0.25, 0.3) is 0 Å². The summed E-state index contributed by atoms with van der Waals surface area (Å²) >= 11 is 0. The molecule has 4 rings (SSSR count). The Kier molecular flexibility index (Phi) is 10.9. The molecule has 0 spiro atoms. The lowest BCUT2D eigenvalue weighted by atomic mass is 9.91. The normalized spacial score (nSPS) is 24.3. The van der Waals surface area contributed by atoms with Crippen molar-refractivity contribution in [1.29, 1.82) is 0 Å². The van der Waals surface area contributed by atoms with Crippen molar-refractivity contribution in [3.05, 3.63) is 76.9 Å². The first-order chi connectivity index (χ1) is 15.1. The molecule has 2 saturated carbocycles. The summed E-state index contributed by atoms with van der Waals surface area (Å²) < 4.78 is 0. The van der Waals surface area contributed by atoms with Gasteiger partial charge in [0.2, 0.25) is 0 Å². The molecule has 0 bridgehead atoms. The van der Waals surface area contributed by atoms with E-state index in [4.69, 9.17) is 5.11 Å². The van der Waals surface area contributed by atoms with Gasteiger partial charge in [0.15, 0.2) is 0 Å². The van der Waals surface area contributed by atoms with Gasteiger partial charge in [0.05, 0.1) is 5.56 Å². The van der Waals surface area contributed by atoms with Crippen LogP contribution in [0.15, 0.2) is 60.2 Å². The van der Waals surface area contributed by atoms with E-state index in [1.807, 2.05) is 12.1 Å². The van der Waals surface area contributed by atoms with Gasteiger partial charge in [-0.1, -0.05) is 61.0 Å². The van der Waals surface area contributed by atoms with Crippen molar-refractivity contribution in [2.45, 2.75) is 70.1 Å². The maximum atomic E-state index is 11.0. The van der Waals surface area contributed by atoms with Crippen LogP contribution in [-0.2, 0) is 6.54 Å². The van der Waals surface area contributed by atoms with Crippen LogP contribution in [0.4, 0.5) is 0 Å². The van der Waals surface area contributed by atoms with Gasteiger partial charge in [-0.15, -0.1) is 24.8 Å². The molecule has 2 fully saturated rings. The zero-order chi connectivity index (χ0) is 21.6. The molecule has 2 aliphatic carbocycles. The molecular formula is C27H36Cl2N2O2. The SMILES string of the molecule is CCC(=Cc1ccccc1)C1C[C@@H]1NC1CCC(NCc2ccc(C(=O)O)cc2)CC1.Cl.Cl. The van der Waals surface area contributed by atoms with E-state index < -0.39 is 5.97 Å². The first-order valence-electron chi connectivity index (χ1n) is 11.7. The number of nitrogens with one attached hydrogen (secondary N) is 2. The second-order valence-electron chi connectivity index (χ2n) is 9.03. The van der Waals surface area contributed by atoms with Crippen molar-refractivity contribution in [3.63, 3.8) is 0 Å². The van der Waals surface area contributed by atoms with Gasteiger partial charge in [-0.05, 0) is 67.7 Å². The van der Waals surface area contributed by atoms with Crippen molar-refractivity contribution >= 4 is 36.9 Å². The summed E-state index contributed by atoms with van der Waals surface area (Å²) in [6, 6.07) is 19.7. The number of rotatable bonds is 9. The van der Waals surface area contributed by atoms with Crippen LogP contribution in [0.5, 0.6) is 0 Å². The Morgan fingerprint density at radius 3 is 2.21 bits per heavy atom. The van der Waals surface area contributed by atoms with E-state index in [2.05, 4.69) is 54.0 Å². The van der Waals surface area contributed by atoms with Crippen LogP contribution in [0.25, 0.3) is 6.08 Å². The molecule has 0 saturated heterocycles. The zero-order valence-corrected chi connectivity index (χ0v) is 20.8. The molecule has 0 heterocycles. The van der Waals surface area contributed by atoms with E-state index in [-0.39, 0.29) is 24.8 Å². The van der Waals surface area contributed by atoms with Gasteiger partial charge in [0.1, 0.15) is 0 Å². The number of halogens is 2. The van der Waals surface area contributed by atoms with Crippen LogP contribution < -0.4 is 10.6 Å². The van der Waals surface area contributed by atoms with Crippen LogP contribution in [-0.4, -0.2) is 29.2 Å². The maximum Gasteiger partial charge on any atom is 0.335 e. The molecule has 0 aromatic heterocycles. The monoisotopic (exact) mass is 490 g/mol. The third kappa shape index (κ3) is 7.86. The van der Waals surface area contributed by atoms with E-state index in [9.17, 15) is 4.79 Å². The second kappa shape index (κ2) is 13.1. The average molecular weight is 492 g/mol. The molecule has 1 unspecified atom stereocenters. The quantitative estimate of drug-likeness (QED) is 0.397. The fourth-order valence-corrected chi connectivity index (χ4v) is 4.82. The predicted octanol–water partition coefficient (Wildman–Crippen LogP) is 6.10. The van der Waals surface area contributed by atoms with Gasteiger partial charge in [0, 0.05) is 24.7 Å². The molecule has 180 valence electrons. The Hall–Kier alpha value is -1.85. The topological polar surface area (TPSA) is 61.4 Å². The molecule has 4 nitrogen and oxygen atoms in total. The molecule has 3 N–H and O–H groups in total. The number of carboxylic acids is 1. The second-order valence-corrected chi connectivity index (χ2v) is 9.03. The summed E-state index contributed by atoms with van der Waals surface area (Å²) in [5, 5.41) is 16.6. The molecule has 2 aromatic carbocycles. The largest absolute Gasteiger partial charge is 0.478 e. The predicted molar refractivity (Wildman–Crippen MR) is 141 cm³/mol. The minimum Gasteiger partial charge on any atom is -0.478 e. The highest BCUT2D eigenvalue weighted by Gasteiger charge is 2.40. The number of benzene rings is 2. The number of carbonyl (C=O) groups is 1. The molecule has 6 heteroatoms. The Morgan fingerprint density at radius 2 is 1.61 bits per heavy atom. The van der Waals surface area contributed by atoms with E-state index in [1.54, 1.807) is 17.7 Å². The first-order valence-corrected chi connectivity index (χ1v) is 11.7. The Balaban J connectivity index is 0.00000193. The number of carboxylic acid groups (broad SMARTS) is 1. The van der Waals surface area contributed by atoms with Crippen molar-refractivity contribution in [3.8, 4) is 0 Å². The molecule has 2 atom stereocenters. The highest BCUT2D eigenvalue weighted by atomic mass is 35.5. The van der Waals surface area contributed by atoms with Gasteiger partial charge >= 0.3 is 5.97 Å². The summed E-state index contributed by atoms with van der Waals surface area (Å²) in [4.78, 5) is 11.0. The summed E-state index contributed by atoms with van der Waals surface area (Å²) in [6.07, 6.45) is 9.63. The number of aromatic carboxylic acids is 1. The fourth-order valence-electron chi connectivity index (χ4n) is 4.82. The Labute approximate surface area is 210 Å². The molecule has 0 amide bonds. The van der Waals surface area contributed by atoms with Crippen LogP contribution in [0.3, 0.4) is 0 Å². The lowest BCUT2D eigenvalue weighted by molar-refractivity contribution is 0.0697. The van der Waals surface area contributed by atoms with Gasteiger partial charge in [-0.3, -0.25) is 0 Å². The lowest BCUT2D eigenvalue weighted by Gasteiger charge is -2.30. The minimum atomic E-state index is -0.871. The molecule has 2 aromatic rings. The van der Waals surface area contributed by atoms with Gasteiger partial charge in [-0.25, -0.2) is 4.79 Å². The van der Waals surface area contributed by atoms with Crippen LogP contribution in [0.1, 0.15) is 66.9 Å². The molecule has 0 aliphatic heterocycles. The summed E-state index contributed by atoms with van der Waals surface area (Å²) in [7, 11) is 0. The molecular weight excluding hydrogens is 455 g/mol. The molecule has 0 radical (unpaired) electrons. The Morgan fingerprint density at radius 1 is 0.970 bits per heavy atom. The summed E-state index contributed by atoms with van der Waals surface area (Å²) in [5.41, 5.74) is 4.38. The van der Waals surface area contributed by atoms with Gasteiger partial charge in [-0.2, -0.15) is 0 Å². The van der Waals surface area contributed by atoms with E-state index in [0.29, 0.717) is 29.6 Å². The van der Waals surface area contributed by atoms with Gasteiger partial charge < -0.3 is 15.7 Å². The fraction of sp³-hybridized carbons (Fsp3) is 0.444. The molecule has 33 heavy (non-hydrogen) atoms. The average Bonchev–Trinajstić information content (AvgIpc) is 3.56. The minimum absolute atomic E-state index is 0. The van der Waals surface area contributed by atoms with E-state index in [1.165, 1.54) is 37.7 Å². The number of hydrogen-bond acceptors (Lipinski definition) is 3. The third-order valence-electron chi connectivity index (χ3n) is 6.80. The highest BCUT2D eigenvalue weighted by molar-refractivity contribution is 5.87. The van der Waals surface area contributed by atoms with Crippen molar-refractivity contribution in [2.24, 2.45) is 5.92 Å². The zero-order valence-electron chi connectivity index (χ0n) is 19.2. The van der Waals surface area contributed by atoms with Crippen molar-refractivity contribution < 1.29 is 9.90 Å². The van der Waals surface area contributed by atoms with E-state index >= 15 is 0 Å². The summed E-state index contributed by atoms with van der Waals surface area (Å²) in [5.74, 6) is -0.167. The molecule has 2 aliphatic rings. The lowest BCUT2D eigenvalue weighted by Crippen LogP contribution is -2.40. The highest BCUT2D eigenvalue weighted by Crippen LogP contribution is 2.40. The summed E-state index contributed by atoms with van der Waals surface area (Å²) in [6.45, 7) is 3.08. The Bertz CT molecular complexity index is 894.